The zero-order valence-electron chi connectivity index (χ0n) is 4.28. The molecule has 4 N–H and O–H groups in total. The Balaban J connectivity index is -0.00000000296. The molecule has 2 atom stereocenters. The van der Waals surface area contributed by atoms with Gasteiger partial charge in [-0.25, -0.2) is 0 Å². The van der Waals surface area contributed by atoms with Crippen LogP contribution < -0.4 is 0 Å². The molecule has 2 nitrogen and oxygen atoms in total. The molecule has 12 heavy (non-hydrogen) atoms. The van der Waals surface area contributed by atoms with Gasteiger partial charge in [-0.3, -0.25) is 0 Å². The van der Waals surface area contributed by atoms with Crippen LogP contribution in [-0.2, 0) is 0 Å². The van der Waals surface area contributed by atoms with Crippen LogP contribution in [0.1, 0.15) is 29.7 Å². The monoisotopic (exact) mass is 248 g/mol. The summed E-state index contributed by atoms with van der Waals surface area (Å²) in [6.07, 6.45) is 0. The molecular formula is C4H24B2N2P2S2-2. The molecule has 0 rings (SSSR count). The Morgan fingerprint density at radius 2 is 0.667 bits per heavy atom. The van der Waals surface area contributed by atoms with Crippen molar-refractivity contribution in [2.24, 2.45) is 0 Å². The third kappa shape index (κ3) is 667. The van der Waals surface area contributed by atoms with Gasteiger partial charge in [0.15, 0.2) is 0 Å². The molecule has 0 saturated carbocycles. The van der Waals surface area contributed by atoms with E-state index in [0.29, 0.717) is 0 Å². The number of nitrogens with two attached hydrogens (primary N) is 2. The van der Waals surface area contributed by atoms with Gasteiger partial charge >= 0.3 is 54.1 Å². The fourth-order valence-electron chi connectivity index (χ4n) is 0. The van der Waals surface area contributed by atoms with Crippen molar-refractivity contribution in [2.75, 3.05) is 0 Å². The standard InChI is InChI=1S/4CH4.2BH2PS.2H2N/c;;;;2*2-1-3;;/h4*1H4;2*2H2;2*1H2/q;;;;;;2*-1. The first kappa shape index (κ1) is 71.1. The molecule has 0 spiro atoms. The molecule has 0 aromatic carbocycles. The van der Waals surface area contributed by atoms with Crippen LogP contribution in [0.25, 0.3) is 12.3 Å². The van der Waals surface area contributed by atoms with E-state index in [1.807, 2.05) is 0 Å². The maximum atomic E-state index is 4.23. The second-order valence-electron chi connectivity index (χ2n) is 0.272. The van der Waals surface area contributed by atoms with Gasteiger partial charge in [-0.1, -0.05) is 29.7 Å². The molecule has 0 radical (unpaired) electrons. The molecule has 8 heteroatoms. The van der Waals surface area contributed by atoms with E-state index in [1.54, 1.807) is 0 Å². The molecule has 0 aliphatic rings. The van der Waals surface area contributed by atoms with Crippen LogP contribution in [0.2, 0.25) is 0 Å². The molecule has 0 fully saturated rings. The third-order valence-electron chi connectivity index (χ3n) is 0. The Bertz CT molecular complexity index is 48.0. The smallest absolute Gasteiger partial charge is 0.693 e. The van der Waals surface area contributed by atoms with E-state index in [4.69, 9.17) is 0 Å². The molecular weight excluding hydrogens is 224 g/mol. The first-order valence-corrected chi connectivity index (χ1v) is 3.41. The summed E-state index contributed by atoms with van der Waals surface area (Å²) in [5.41, 5.74) is 0. The minimum Gasteiger partial charge on any atom is -0.693 e. The SMILES string of the molecule is C.C.C.C.PB=S.PB=S.[NH2-].[NH2-]. The normalized spacial score (nSPS) is 1.50. The minimum atomic E-state index is 0. The first-order chi connectivity index (χ1) is 2.83. The maximum Gasteiger partial charge on any atom is -0.693 e. The Morgan fingerprint density at radius 3 is 0.667 bits per heavy atom. The summed E-state index contributed by atoms with van der Waals surface area (Å²) in [6.45, 7) is 0. The van der Waals surface area contributed by atoms with Crippen LogP contribution in [-0.4, -0.2) is 11.7 Å². The van der Waals surface area contributed by atoms with Crippen molar-refractivity contribution >= 4 is 54.1 Å². The van der Waals surface area contributed by atoms with E-state index in [0.717, 1.165) is 0 Å². The molecule has 0 amide bonds. The van der Waals surface area contributed by atoms with Gasteiger partial charge in [0.1, 0.15) is 0 Å². The quantitative estimate of drug-likeness (QED) is 0.438. The summed E-state index contributed by atoms with van der Waals surface area (Å²) in [4.78, 5) is 0. The van der Waals surface area contributed by atoms with Crippen molar-refractivity contribution in [1.82, 2.24) is 0 Å². The van der Waals surface area contributed by atoms with Gasteiger partial charge in [0.2, 0.25) is 0 Å². The minimum absolute atomic E-state index is 0. The second kappa shape index (κ2) is 142. The average Bonchev–Trinajstić information content (AvgIpc) is 1.39. The van der Waals surface area contributed by atoms with E-state index >= 15 is 0 Å². The zero-order valence-corrected chi connectivity index (χ0v) is 8.22. The number of hydrogen-bond donors (Lipinski definition) is 0. The van der Waals surface area contributed by atoms with Crippen LogP contribution >= 0.6 is 42.3 Å². The van der Waals surface area contributed by atoms with Gasteiger partial charge in [0.05, 0.1) is 0 Å². The Hall–Kier alpha value is 1.35. The molecule has 0 bridgehead atoms. The van der Waals surface area contributed by atoms with Crippen molar-refractivity contribution < 1.29 is 0 Å². The van der Waals surface area contributed by atoms with Crippen LogP contribution in [0, 0.1) is 0 Å². The third-order valence-corrected chi connectivity index (χ3v) is 0. The summed E-state index contributed by atoms with van der Waals surface area (Å²) in [5.74, 6) is 3.00. The number of rotatable bonds is 0. The van der Waals surface area contributed by atoms with Crippen molar-refractivity contribution in [3.63, 3.8) is 0 Å². The summed E-state index contributed by atoms with van der Waals surface area (Å²) in [5, 5.41) is 0. The van der Waals surface area contributed by atoms with Gasteiger partial charge < -0.3 is 12.3 Å². The van der Waals surface area contributed by atoms with Crippen LogP contribution in [0.15, 0.2) is 0 Å². The van der Waals surface area contributed by atoms with Crippen molar-refractivity contribution in [3.05, 3.63) is 12.3 Å². The Morgan fingerprint density at radius 1 is 0.667 bits per heavy atom. The van der Waals surface area contributed by atoms with Crippen molar-refractivity contribution in [2.45, 2.75) is 29.7 Å². The van der Waals surface area contributed by atoms with Crippen LogP contribution in [0.3, 0.4) is 0 Å². The Kier molecular flexibility index (Phi) is 840. The molecule has 0 aromatic rings. The molecule has 0 saturated heterocycles. The van der Waals surface area contributed by atoms with E-state index in [-0.39, 0.29) is 42.0 Å². The molecule has 80 valence electrons. The molecule has 0 aliphatic carbocycles. The van der Waals surface area contributed by atoms with Crippen molar-refractivity contribution in [1.29, 1.82) is 0 Å². The zero-order chi connectivity index (χ0) is 5.41. The van der Waals surface area contributed by atoms with E-state index in [2.05, 4.69) is 42.3 Å². The number of hydrogen-bond acceptors (Lipinski definition) is 2. The topological polar surface area (TPSA) is 67.0 Å². The van der Waals surface area contributed by atoms with Gasteiger partial charge in [0, 0.05) is 0 Å². The maximum absolute atomic E-state index is 4.23. The van der Waals surface area contributed by atoms with Crippen molar-refractivity contribution in [3.8, 4) is 0 Å². The predicted molar refractivity (Wildman–Crippen MR) is 83.6 cm³/mol. The fraction of sp³-hybridized carbons (Fsp3) is 1.00. The predicted octanol–water partition coefficient (Wildman–Crippen LogP) is 5.17. The van der Waals surface area contributed by atoms with Gasteiger partial charge in [-0.05, 0) is 0 Å². The van der Waals surface area contributed by atoms with Gasteiger partial charge in [-0.2, -0.15) is 0 Å². The van der Waals surface area contributed by atoms with Crippen LogP contribution in [0.4, 0.5) is 0 Å². The Labute approximate surface area is 96.1 Å². The molecule has 0 heterocycles. The largest absolute Gasteiger partial charge is 0.693 e. The van der Waals surface area contributed by atoms with E-state index in [1.165, 1.54) is 11.7 Å². The summed E-state index contributed by atoms with van der Waals surface area (Å²) in [6, 6.07) is 0. The fourth-order valence-corrected chi connectivity index (χ4v) is 0. The van der Waals surface area contributed by atoms with E-state index in [9.17, 15) is 0 Å². The van der Waals surface area contributed by atoms with Gasteiger partial charge in [0.25, 0.3) is 0 Å². The molecule has 0 aromatic heterocycles. The van der Waals surface area contributed by atoms with E-state index < -0.39 is 0 Å². The first-order valence-electron chi connectivity index (χ1n) is 1.14. The molecule has 0 aliphatic heterocycles. The van der Waals surface area contributed by atoms with Gasteiger partial charge in [-0.15, -0.1) is 0 Å². The summed E-state index contributed by atoms with van der Waals surface area (Å²) < 4.78 is 0. The second-order valence-corrected chi connectivity index (χ2v) is 2.45. The summed E-state index contributed by atoms with van der Waals surface area (Å²) in [7, 11) is 4.54. The average molecular weight is 248 g/mol. The van der Waals surface area contributed by atoms with Crippen LogP contribution in [0.5, 0.6) is 0 Å². The summed E-state index contributed by atoms with van der Waals surface area (Å²) >= 11 is 8.46. The molecule has 2 unspecified atom stereocenters.